The fourth-order valence-electron chi connectivity index (χ4n) is 5.21. The Bertz CT molecular complexity index is 1210. The van der Waals surface area contributed by atoms with E-state index < -0.39 is 17.8 Å². The Morgan fingerprint density at radius 3 is 2.60 bits per heavy atom. The molecule has 2 aromatic carbocycles. The molecule has 182 valence electrons. The van der Waals surface area contributed by atoms with Gasteiger partial charge in [-0.25, -0.2) is 4.79 Å². The molecule has 35 heavy (non-hydrogen) atoms. The van der Waals surface area contributed by atoms with Gasteiger partial charge in [-0.3, -0.25) is 9.79 Å². The van der Waals surface area contributed by atoms with Crippen molar-refractivity contribution >= 4 is 17.5 Å². The van der Waals surface area contributed by atoms with Crippen molar-refractivity contribution < 1.29 is 28.5 Å². The summed E-state index contributed by atoms with van der Waals surface area (Å²) in [6.45, 7) is 6.43. The van der Waals surface area contributed by atoms with E-state index in [2.05, 4.69) is 13.8 Å². The van der Waals surface area contributed by atoms with Crippen molar-refractivity contribution in [3.63, 3.8) is 0 Å². The van der Waals surface area contributed by atoms with Gasteiger partial charge in [0, 0.05) is 23.7 Å². The van der Waals surface area contributed by atoms with Crippen LogP contribution in [0.3, 0.4) is 0 Å². The number of rotatable bonds is 6. The summed E-state index contributed by atoms with van der Waals surface area (Å²) in [5, 5.41) is 0. The lowest BCUT2D eigenvalue weighted by Gasteiger charge is -2.41. The number of aliphatic imine (C=N–C) groups is 1. The number of benzene rings is 2. The maximum Gasteiger partial charge on any atom is 0.336 e. The molecule has 0 amide bonds. The minimum atomic E-state index is -0.504. The summed E-state index contributed by atoms with van der Waals surface area (Å²) < 4.78 is 22.3. The highest BCUT2D eigenvalue weighted by Crippen LogP contribution is 2.48. The van der Waals surface area contributed by atoms with Crippen molar-refractivity contribution in [2.24, 2.45) is 16.3 Å². The topological polar surface area (TPSA) is 83.4 Å². The van der Waals surface area contributed by atoms with Gasteiger partial charge in [0.05, 0.1) is 11.5 Å². The van der Waals surface area contributed by atoms with Gasteiger partial charge < -0.3 is 18.9 Å². The summed E-state index contributed by atoms with van der Waals surface area (Å²) in [4.78, 5) is 31.6. The first-order valence-electron chi connectivity index (χ1n) is 11.9. The summed E-state index contributed by atoms with van der Waals surface area (Å²) in [6.07, 6.45) is 1.14. The monoisotopic (exact) mass is 475 g/mol. The predicted molar refractivity (Wildman–Crippen MR) is 130 cm³/mol. The van der Waals surface area contributed by atoms with Crippen LogP contribution in [0, 0.1) is 11.3 Å². The highest BCUT2D eigenvalue weighted by molar-refractivity contribution is 6.12. The molecular weight excluding hydrogens is 446 g/mol. The van der Waals surface area contributed by atoms with E-state index in [-0.39, 0.29) is 31.2 Å². The van der Waals surface area contributed by atoms with Gasteiger partial charge in [0.25, 0.3) is 0 Å². The van der Waals surface area contributed by atoms with Crippen molar-refractivity contribution in [2.45, 2.75) is 39.5 Å². The second-order valence-electron chi connectivity index (χ2n) is 9.95. The second-order valence-corrected chi connectivity index (χ2v) is 9.95. The number of carbonyl (C=O) groups excluding carboxylic acids is 2. The summed E-state index contributed by atoms with van der Waals surface area (Å²) in [7, 11) is 0. The molecule has 5 rings (SSSR count). The number of nitrogens with zero attached hydrogens (tertiary/aromatic N) is 1. The van der Waals surface area contributed by atoms with Crippen LogP contribution in [-0.4, -0.2) is 37.5 Å². The van der Waals surface area contributed by atoms with Crippen LogP contribution < -0.4 is 14.2 Å². The normalized spacial score (nSPS) is 22.4. The molecule has 0 aromatic heterocycles. The lowest BCUT2D eigenvalue weighted by atomic mass is 9.63. The van der Waals surface area contributed by atoms with E-state index in [0.29, 0.717) is 41.4 Å². The molecule has 1 aliphatic carbocycles. The maximum atomic E-state index is 13.4. The minimum absolute atomic E-state index is 0.0839. The molecule has 2 unspecified atom stereocenters. The van der Waals surface area contributed by atoms with Gasteiger partial charge in [0.2, 0.25) is 6.79 Å². The lowest BCUT2D eigenvalue weighted by molar-refractivity contribution is -0.140. The molecule has 1 fully saturated rings. The highest BCUT2D eigenvalue weighted by Gasteiger charge is 2.48. The number of carbonyl (C=O) groups is 2. The van der Waals surface area contributed by atoms with Crippen molar-refractivity contribution in [1.29, 1.82) is 0 Å². The number of ether oxygens (including phenoxy) is 4. The summed E-state index contributed by atoms with van der Waals surface area (Å²) in [5.74, 6) is 0.572. The minimum Gasteiger partial charge on any atom is -0.490 e. The van der Waals surface area contributed by atoms with E-state index in [9.17, 15) is 9.59 Å². The molecule has 2 aliphatic heterocycles. The van der Waals surface area contributed by atoms with Gasteiger partial charge in [0.1, 0.15) is 24.7 Å². The average Bonchev–Trinajstić information content (AvgIpc) is 3.28. The van der Waals surface area contributed by atoms with Crippen LogP contribution in [0.4, 0.5) is 0 Å². The van der Waals surface area contributed by atoms with E-state index in [1.54, 1.807) is 0 Å². The largest absolute Gasteiger partial charge is 0.490 e. The van der Waals surface area contributed by atoms with Gasteiger partial charge in [-0.15, -0.1) is 0 Å². The van der Waals surface area contributed by atoms with E-state index >= 15 is 0 Å². The fourth-order valence-corrected chi connectivity index (χ4v) is 5.21. The maximum absolute atomic E-state index is 13.4. The molecule has 2 heterocycles. The lowest BCUT2D eigenvalue weighted by Crippen LogP contribution is -2.44. The zero-order valence-electron chi connectivity index (χ0n) is 20.2. The Hall–Kier alpha value is -3.61. The number of hydrogen-bond donors (Lipinski definition) is 0. The molecule has 2 aromatic rings. The number of allylic oxidation sites excluding steroid dienone is 1. The number of para-hydroxylation sites is 1. The first kappa shape index (κ1) is 23.1. The average molecular weight is 476 g/mol. The number of fused-ring (bicyclic) bond motifs is 2. The van der Waals surface area contributed by atoms with Crippen LogP contribution in [0.25, 0.3) is 0 Å². The molecule has 0 saturated heterocycles. The van der Waals surface area contributed by atoms with E-state index in [4.69, 9.17) is 23.9 Å². The zero-order valence-corrected chi connectivity index (χ0v) is 20.2. The number of Topliss-reactive ketones (excluding diaryl/α,β-unsaturated/α-hetero) is 1. The van der Waals surface area contributed by atoms with E-state index in [1.807, 2.05) is 55.5 Å². The summed E-state index contributed by atoms with van der Waals surface area (Å²) >= 11 is 0. The van der Waals surface area contributed by atoms with Gasteiger partial charge in [-0.1, -0.05) is 38.1 Å². The number of hydrogen-bond acceptors (Lipinski definition) is 7. The quantitative estimate of drug-likeness (QED) is 0.439. The number of esters is 1. The van der Waals surface area contributed by atoms with Crippen LogP contribution in [0.5, 0.6) is 17.2 Å². The Morgan fingerprint density at radius 2 is 1.80 bits per heavy atom. The third-order valence-corrected chi connectivity index (χ3v) is 6.67. The molecule has 0 bridgehead atoms. The van der Waals surface area contributed by atoms with Gasteiger partial charge >= 0.3 is 5.97 Å². The first-order valence-corrected chi connectivity index (χ1v) is 11.9. The van der Waals surface area contributed by atoms with Crippen LogP contribution in [0.15, 0.2) is 64.8 Å². The SMILES string of the molecule is CC1=C(C(=O)OCCOc2ccccc2)C(c2ccc3c(c2)OCO3)C2C(=O)CC(C)(C)CC2=N1. The molecular formula is C28H29NO6. The third kappa shape index (κ3) is 4.67. The Labute approximate surface area is 204 Å². The van der Waals surface area contributed by atoms with Crippen molar-refractivity contribution in [3.05, 3.63) is 65.4 Å². The molecule has 0 radical (unpaired) electrons. The number of ketones is 1. The van der Waals surface area contributed by atoms with Crippen molar-refractivity contribution in [1.82, 2.24) is 0 Å². The van der Waals surface area contributed by atoms with E-state index in [1.165, 1.54) is 0 Å². The molecule has 3 aliphatic rings. The predicted octanol–water partition coefficient (Wildman–Crippen LogP) is 4.86. The molecule has 1 saturated carbocycles. The Balaban J connectivity index is 1.43. The van der Waals surface area contributed by atoms with Crippen molar-refractivity contribution in [2.75, 3.05) is 20.0 Å². The highest BCUT2D eigenvalue weighted by atomic mass is 16.7. The van der Waals surface area contributed by atoms with Gasteiger partial charge in [-0.2, -0.15) is 0 Å². The van der Waals surface area contributed by atoms with Crippen LogP contribution in [0.1, 0.15) is 45.1 Å². The molecule has 7 heteroatoms. The Morgan fingerprint density at radius 1 is 1.03 bits per heavy atom. The Kier molecular flexibility index (Phi) is 6.09. The zero-order chi connectivity index (χ0) is 24.6. The second kappa shape index (κ2) is 9.21. The third-order valence-electron chi connectivity index (χ3n) is 6.67. The summed E-state index contributed by atoms with van der Waals surface area (Å²) in [6, 6.07) is 14.9. The smallest absolute Gasteiger partial charge is 0.336 e. The molecule has 0 N–H and O–H groups in total. The van der Waals surface area contributed by atoms with Gasteiger partial charge in [0.15, 0.2) is 11.5 Å². The standard InChI is InChI=1S/C28H29NO6/c1-17-24(27(31)33-12-11-32-19-7-5-4-6-8-19)25(18-9-10-22-23(13-18)35-16-34-22)26-20(29-17)14-28(2,3)15-21(26)30/h4-10,13,25-26H,11-12,14-16H2,1-3H3. The molecule has 0 spiro atoms. The van der Waals surface area contributed by atoms with Crippen molar-refractivity contribution in [3.8, 4) is 17.2 Å². The van der Waals surface area contributed by atoms with E-state index in [0.717, 1.165) is 11.3 Å². The van der Waals surface area contributed by atoms with Gasteiger partial charge in [-0.05, 0) is 48.6 Å². The van der Waals surface area contributed by atoms with Crippen LogP contribution >= 0.6 is 0 Å². The molecule has 7 nitrogen and oxygen atoms in total. The molecule has 2 atom stereocenters. The summed E-state index contributed by atoms with van der Waals surface area (Å²) in [5.41, 5.74) is 2.46. The van der Waals surface area contributed by atoms with Crippen LogP contribution in [0.2, 0.25) is 0 Å². The fraction of sp³-hybridized carbons (Fsp3) is 0.393. The van der Waals surface area contributed by atoms with Crippen LogP contribution in [-0.2, 0) is 14.3 Å². The first-order chi connectivity index (χ1) is 16.8.